The summed E-state index contributed by atoms with van der Waals surface area (Å²) in [7, 11) is 1.80. The van der Waals surface area contributed by atoms with Crippen LogP contribution in [0.4, 0.5) is 0 Å². The molecule has 1 atom stereocenters. The molecule has 1 N–H and O–H groups in total. The Labute approximate surface area is 92.8 Å². The molecule has 1 aliphatic carbocycles. The van der Waals surface area contributed by atoms with Crippen molar-refractivity contribution in [1.82, 2.24) is 5.32 Å². The minimum absolute atomic E-state index is 0.363. The molecule has 0 aromatic heterocycles. The Bertz CT molecular complexity index is 228. The number of nitrogens with zero attached hydrogens (tertiary/aromatic N) is 1. The van der Waals surface area contributed by atoms with Crippen LogP contribution in [0.2, 0.25) is 0 Å². The maximum absolute atomic E-state index is 8.96. The van der Waals surface area contributed by atoms with E-state index in [1.165, 1.54) is 12.8 Å². The van der Waals surface area contributed by atoms with Crippen LogP contribution in [0, 0.1) is 17.2 Å². The molecular weight excluding hydrogens is 188 g/mol. The topological polar surface area (TPSA) is 45.0 Å². The third-order valence-electron chi connectivity index (χ3n) is 3.37. The van der Waals surface area contributed by atoms with Gasteiger partial charge >= 0.3 is 0 Å². The normalized spacial score (nSPS) is 30.5. The van der Waals surface area contributed by atoms with Crippen LogP contribution < -0.4 is 5.32 Å². The van der Waals surface area contributed by atoms with Crippen LogP contribution in [0.5, 0.6) is 0 Å². The highest BCUT2D eigenvalue weighted by Crippen LogP contribution is 2.25. The van der Waals surface area contributed by atoms with Gasteiger partial charge in [-0.25, -0.2) is 0 Å². The van der Waals surface area contributed by atoms with E-state index in [0.717, 1.165) is 18.8 Å². The van der Waals surface area contributed by atoms with Crippen LogP contribution in [-0.2, 0) is 4.74 Å². The number of nitriles is 1. The lowest BCUT2D eigenvalue weighted by atomic mass is 9.89. The van der Waals surface area contributed by atoms with Crippen molar-refractivity contribution >= 4 is 0 Å². The van der Waals surface area contributed by atoms with Gasteiger partial charge in [0.25, 0.3) is 0 Å². The summed E-state index contributed by atoms with van der Waals surface area (Å²) in [6.45, 7) is 4.65. The summed E-state index contributed by atoms with van der Waals surface area (Å²) in [5.74, 6) is 0.844. The summed E-state index contributed by atoms with van der Waals surface area (Å²) < 4.78 is 5.79. The molecule has 86 valence electrons. The smallest absolute Gasteiger partial charge is 0.127 e. The Kier molecular flexibility index (Phi) is 4.56. The van der Waals surface area contributed by atoms with Crippen LogP contribution in [0.15, 0.2) is 0 Å². The molecule has 0 spiro atoms. The molecule has 0 amide bonds. The second-order valence-electron chi connectivity index (χ2n) is 4.89. The first-order valence-corrected chi connectivity index (χ1v) is 5.81. The molecule has 0 saturated heterocycles. The molecule has 0 heterocycles. The van der Waals surface area contributed by atoms with Gasteiger partial charge in [-0.05, 0) is 45.6 Å². The van der Waals surface area contributed by atoms with Crippen LogP contribution in [0.1, 0.15) is 39.5 Å². The van der Waals surface area contributed by atoms with Crippen LogP contribution in [0.3, 0.4) is 0 Å². The van der Waals surface area contributed by atoms with Gasteiger partial charge in [0.2, 0.25) is 0 Å². The molecule has 3 heteroatoms. The van der Waals surface area contributed by atoms with Crippen molar-refractivity contribution in [2.45, 2.75) is 51.2 Å². The minimum Gasteiger partial charge on any atom is -0.375 e. The van der Waals surface area contributed by atoms with E-state index in [4.69, 9.17) is 10.00 Å². The van der Waals surface area contributed by atoms with Crippen molar-refractivity contribution in [1.29, 1.82) is 5.26 Å². The van der Waals surface area contributed by atoms with E-state index < -0.39 is 5.54 Å². The Morgan fingerprint density at radius 2 is 2.00 bits per heavy atom. The van der Waals surface area contributed by atoms with E-state index in [-0.39, 0.29) is 0 Å². The summed E-state index contributed by atoms with van der Waals surface area (Å²) in [5.41, 5.74) is -0.539. The fourth-order valence-electron chi connectivity index (χ4n) is 1.84. The van der Waals surface area contributed by atoms with Crippen molar-refractivity contribution in [3.63, 3.8) is 0 Å². The van der Waals surface area contributed by atoms with E-state index in [1.807, 2.05) is 6.92 Å². The quantitative estimate of drug-likeness (QED) is 0.772. The van der Waals surface area contributed by atoms with Gasteiger partial charge in [0.15, 0.2) is 0 Å². The summed E-state index contributed by atoms with van der Waals surface area (Å²) in [4.78, 5) is 0. The van der Waals surface area contributed by atoms with Gasteiger partial charge in [-0.3, -0.25) is 0 Å². The van der Waals surface area contributed by atoms with Crippen molar-refractivity contribution < 1.29 is 4.74 Å². The molecule has 0 aromatic carbocycles. The number of ether oxygens (including phenoxy) is 1. The largest absolute Gasteiger partial charge is 0.375 e. The number of likely N-dealkylation sites (N-methyl/N-ethyl adjacent to an activating group) is 1. The maximum Gasteiger partial charge on any atom is 0.127 e. The van der Waals surface area contributed by atoms with E-state index in [0.29, 0.717) is 12.7 Å². The second kappa shape index (κ2) is 5.48. The molecule has 1 aliphatic rings. The van der Waals surface area contributed by atoms with E-state index in [2.05, 4.69) is 18.3 Å². The monoisotopic (exact) mass is 210 g/mol. The first-order chi connectivity index (χ1) is 7.09. The van der Waals surface area contributed by atoms with Gasteiger partial charge in [0, 0.05) is 0 Å². The zero-order chi connectivity index (χ0) is 11.3. The summed E-state index contributed by atoms with van der Waals surface area (Å²) in [5, 5.41) is 12.0. The summed E-state index contributed by atoms with van der Waals surface area (Å²) in [6.07, 6.45) is 5.17. The fraction of sp³-hybridized carbons (Fsp3) is 0.917. The van der Waals surface area contributed by atoms with Crippen molar-refractivity contribution in [2.75, 3.05) is 13.7 Å². The predicted octanol–water partition coefficient (Wildman–Crippen LogP) is 2.08. The summed E-state index contributed by atoms with van der Waals surface area (Å²) >= 11 is 0. The molecule has 1 fully saturated rings. The number of rotatable bonds is 4. The summed E-state index contributed by atoms with van der Waals surface area (Å²) in [6, 6.07) is 2.24. The van der Waals surface area contributed by atoms with Crippen molar-refractivity contribution in [3.05, 3.63) is 0 Å². The fourth-order valence-corrected chi connectivity index (χ4v) is 1.84. The highest BCUT2D eigenvalue weighted by Gasteiger charge is 2.25. The SMILES string of the molecule is CNC(C)(C#N)COC1CCC(C)CC1. The molecule has 15 heavy (non-hydrogen) atoms. The average Bonchev–Trinajstić information content (AvgIpc) is 2.28. The molecule has 0 bridgehead atoms. The van der Waals surface area contributed by atoms with Gasteiger partial charge in [-0.15, -0.1) is 0 Å². The Balaban J connectivity index is 2.28. The number of nitrogens with one attached hydrogen (secondary N) is 1. The van der Waals surface area contributed by atoms with Crippen LogP contribution in [0.25, 0.3) is 0 Å². The first-order valence-electron chi connectivity index (χ1n) is 5.81. The molecule has 1 rings (SSSR count). The average molecular weight is 210 g/mol. The molecule has 0 radical (unpaired) electrons. The van der Waals surface area contributed by atoms with E-state index in [1.54, 1.807) is 7.05 Å². The van der Waals surface area contributed by atoms with Gasteiger partial charge in [0.05, 0.1) is 18.8 Å². The lowest BCUT2D eigenvalue weighted by molar-refractivity contribution is 0.000635. The standard InChI is InChI=1S/C12H22N2O/c1-10-4-6-11(7-5-10)15-9-12(2,8-13)14-3/h10-11,14H,4-7,9H2,1-3H3. The Morgan fingerprint density at radius 1 is 1.40 bits per heavy atom. The molecule has 1 unspecified atom stereocenters. The predicted molar refractivity (Wildman–Crippen MR) is 60.4 cm³/mol. The molecule has 1 saturated carbocycles. The third-order valence-corrected chi connectivity index (χ3v) is 3.37. The van der Waals surface area contributed by atoms with Gasteiger partial charge in [-0.2, -0.15) is 5.26 Å². The number of hydrogen-bond acceptors (Lipinski definition) is 3. The van der Waals surface area contributed by atoms with Gasteiger partial charge in [0.1, 0.15) is 5.54 Å². The minimum atomic E-state index is -0.539. The van der Waals surface area contributed by atoms with Gasteiger partial charge < -0.3 is 10.1 Å². The first kappa shape index (κ1) is 12.5. The Morgan fingerprint density at radius 3 is 2.47 bits per heavy atom. The highest BCUT2D eigenvalue weighted by atomic mass is 16.5. The zero-order valence-electron chi connectivity index (χ0n) is 10.0. The zero-order valence-corrected chi connectivity index (χ0v) is 10.0. The third kappa shape index (κ3) is 3.81. The molecule has 3 nitrogen and oxygen atoms in total. The highest BCUT2D eigenvalue weighted by molar-refractivity contribution is 5.03. The van der Waals surface area contributed by atoms with Crippen LogP contribution >= 0.6 is 0 Å². The Hall–Kier alpha value is -0.590. The molecular formula is C12H22N2O. The van der Waals surface area contributed by atoms with Crippen molar-refractivity contribution in [2.24, 2.45) is 5.92 Å². The number of hydrogen-bond donors (Lipinski definition) is 1. The van der Waals surface area contributed by atoms with E-state index in [9.17, 15) is 0 Å². The lowest BCUT2D eigenvalue weighted by Gasteiger charge is -2.29. The van der Waals surface area contributed by atoms with Gasteiger partial charge in [-0.1, -0.05) is 6.92 Å². The second-order valence-corrected chi connectivity index (χ2v) is 4.89. The maximum atomic E-state index is 8.96. The van der Waals surface area contributed by atoms with Crippen molar-refractivity contribution in [3.8, 4) is 6.07 Å². The molecule has 0 aliphatic heterocycles. The van der Waals surface area contributed by atoms with Crippen LogP contribution in [-0.4, -0.2) is 25.3 Å². The lowest BCUT2D eigenvalue weighted by Crippen LogP contribution is -2.44. The molecule has 0 aromatic rings. The van der Waals surface area contributed by atoms with E-state index >= 15 is 0 Å².